The molecule has 0 fully saturated rings. The molecule has 110 valence electrons. The van der Waals surface area contributed by atoms with Crippen molar-refractivity contribution in [2.24, 2.45) is 0 Å². The number of aromatic nitrogens is 1. The number of hydrogen-bond acceptors (Lipinski definition) is 2. The molecular weight excluding hydrogens is 302 g/mol. The zero-order valence-electron chi connectivity index (χ0n) is 10.8. The summed E-state index contributed by atoms with van der Waals surface area (Å²) in [5.41, 5.74) is 0.481. The molecule has 0 unspecified atom stereocenters. The molecule has 21 heavy (non-hydrogen) atoms. The molecule has 0 atom stereocenters. The Bertz CT molecular complexity index is 621. The highest BCUT2D eigenvalue weighted by Crippen LogP contribution is 2.17. The monoisotopic (exact) mass is 313 g/mol. The molecule has 0 spiro atoms. The van der Waals surface area contributed by atoms with Gasteiger partial charge in [-0.25, -0.2) is 0 Å². The van der Waals surface area contributed by atoms with E-state index < -0.39 is 6.61 Å². The van der Waals surface area contributed by atoms with Crippen molar-refractivity contribution in [3.05, 3.63) is 53.8 Å². The second-order valence-electron chi connectivity index (χ2n) is 4.10. The molecule has 0 aliphatic rings. The third-order valence-electron chi connectivity index (χ3n) is 2.56. The van der Waals surface area contributed by atoms with Gasteiger partial charge in [0.15, 0.2) is 6.20 Å². The first-order valence-electron chi connectivity index (χ1n) is 6.03. The second-order valence-corrected chi connectivity index (χ2v) is 4.49. The molecule has 4 nitrogen and oxygen atoms in total. The van der Waals surface area contributed by atoms with Crippen LogP contribution in [0.3, 0.4) is 0 Å². The van der Waals surface area contributed by atoms with Crippen LogP contribution in [0.15, 0.2) is 48.7 Å². The second kappa shape index (κ2) is 6.99. The van der Waals surface area contributed by atoms with E-state index in [0.717, 1.165) is 0 Å². The summed E-state index contributed by atoms with van der Waals surface area (Å²) in [7, 11) is 0. The van der Waals surface area contributed by atoms with Gasteiger partial charge in [0, 0.05) is 17.8 Å². The van der Waals surface area contributed by atoms with Crippen LogP contribution in [0.1, 0.15) is 0 Å². The van der Waals surface area contributed by atoms with Crippen LogP contribution in [0.5, 0.6) is 5.75 Å². The molecule has 7 heteroatoms. The summed E-state index contributed by atoms with van der Waals surface area (Å²) < 4.78 is 29.8. The van der Waals surface area contributed by atoms with Crippen molar-refractivity contribution in [3.8, 4) is 5.75 Å². The van der Waals surface area contributed by atoms with Crippen molar-refractivity contribution in [1.29, 1.82) is 0 Å². The summed E-state index contributed by atoms with van der Waals surface area (Å²) >= 11 is 5.94. The van der Waals surface area contributed by atoms with E-state index in [1.807, 2.05) is 0 Å². The van der Waals surface area contributed by atoms with E-state index in [4.69, 9.17) is 11.6 Å². The Morgan fingerprint density at radius 3 is 2.57 bits per heavy atom. The number of carbonyl (C=O) groups excluding carboxylic acids is 1. The zero-order chi connectivity index (χ0) is 15.2. The van der Waals surface area contributed by atoms with E-state index in [1.165, 1.54) is 24.3 Å². The van der Waals surface area contributed by atoms with Crippen LogP contribution in [0.25, 0.3) is 0 Å². The minimum atomic E-state index is -2.87. The Kier molecular flexibility index (Phi) is 5.05. The van der Waals surface area contributed by atoms with Crippen molar-refractivity contribution in [3.63, 3.8) is 0 Å². The smallest absolute Gasteiger partial charge is 0.387 e. The van der Waals surface area contributed by atoms with Crippen LogP contribution in [0.2, 0.25) is 5.15 Å². The fourth-order valence-corrected chi connectivity index (χ4v) is 1.85. The Morgan fingerprint density at radius 1 is 1.24 bits per heavy atom. The first-order chi connectivity index (χ1) is 10.0. The van der Waals surface area contributed by atoms with Crippen molar-refractivity contribution in [2.45, 2.75) is 13.2 Å². The molecule has 1 aromatic carbocycles. The number of benzene rings is 1. The number of nitrogens with zero attached hydrogens (tertiary/aromatic N) is 1. The van der Waals surface area contributed by atoms with Gasteiger partial charge in [0.2, 0.25) is 6.54 Å². The number of carbonyl (C=O) groups is 1. The van der Waals surface area contributed by atoms with Crippen molar-refractivity contribution >= 4 is 23.2 Å². The number of hydrogen-bond donors (Lipinski definition) is 1. The number of pyridine rings is 1. The molecular formula is C14H12ClF2N2O2+. The molecule has 1 amide bonds. The minimum Gasteiger partial charge on any atom is -0.435 e. The lowest BCUT2D eigenvalue weighted by Crippen LogP contribution is -2.40. The molecule has 0 saturated carbocycles. The summed E-state index contributed by atoms with van der Waals surface area (Å²) in [5, 5.41) is 3.07. The number of anilines is 1. The quantitative estimate of drug-likeness (QED) is 0.681. The van der Waals surface area contributed by atoms with Gasteiger partial charge in [-0.2, -0.15) is 13.3 Å². The summed E-state index contributed by atoms with van der Waals surface area (Å²) in [6.45, 7) is -2.82. The van der Waals surface area contributed by atoms with E-state index in [2.05, 4.69) is 10.1 Å². The van der Waals surface area contributed by atoms with Crippen molar-refractivity contribution in [1.82, 2.24) is 0 Å². The van der Waals surface area contributed by atoms with Crippen LogP contribution in [-0.4, -0.2) is 12.5 Å². The Morgan fingerprint density at radius 2 is 1.95 bits per heavy atom. The van der Waals surface area contributed by atoms with E-state index in [9.17, 15) is 13.6 Å². The summed E-state index contributed by atoms with van der Waals surface area (Å²) in [4.78, 5) is 11.9. The lowest BCUT2D eigenvalue weighted by molar-refractivity contribution is -0.681. The van der Waals surface area contributed by atoms with Gasteiger partial charge in [0.05, 0.1) is 0 Å². The van der Waals surface area contributed by atoms with E-state index in [1.54, 1.807) is 29.0 Å². The fourth-order valence-electron chi connectivity index (χ4n) is 1.66. The molecule has 0 aliphatic heterocycles. The molecule has 1 N–H and O–H groups in total. The molecule has 0 saturated heterocycles. The normalized spacial score (nSPS) is 10.5. The van der Waals surface area contributed by atoms with Gasteiger partial charge in [-0.05, 0) is 41.9 Å². The van der Waals surface area contributed by atoms with Crippen molar-refractivity contribution < 1.29 is 22.9 Å². The first kappa shape index (κ1) is 15.2. The van der Waals surface area contributed by atoms with Gasteiger partial charge in [-0.1, -0.05) is 0 Å². The van der Waals surface area contributed by atoms with Crippen molar-refractivity contribution in [2.75, 3.05) is 5.32 Å². The maximum absolute atomic E-state index is 12.0. The molecule has 0 bridgehead atoms. The lowest BCUT2D eigenvalue weighted by Gasteiger charge is -2.06. The average Bonchev–Trinajstić information content (AvgIpc) is 2.43. The minimum absolute atomic E-state index is 0.0310. The summed E-state index contributed by atoms with van der Waals surface area (Å²) in [6.07, 6.45) is 1.68. The van der Waals surface area contributed by atoms with Crippen LogP contribution in [0, 0.1) is 0 Å². The fraction of sp³-hybridized carbons (Fsp3) is 0.143. The Balaban J connectivity index is 1.95. The Labute approximate surface area is 124 Å². The van der Waals surface area contributed by atoms with E-state index >= 15 is 0 Å². The van der Waals surface area contributed by atoms with Gasteiger partial charge in [-0.3, -0.25) is 4.79 Å². The number of nitrogens with one attached hydrogen (secondary N) is 1. The topological polar surface area (TPSA) is 42.2 Å². The highest BCUT2D eigenvalue weighted by atomic mass is 35.5. The maximum atomic E-state index is 12.0. The average molecular weight is 314 g/mol. The van der Waals surface area contributed by atoms with Gasteiger partial charge in [0.1, 0.15) is 5.75 Å². The molecule has 1 aromatic heterocycles. The van der Waals surface area contributed by atoms with Crippen LogP contribution in [0.4, 0.5) is 14.5 Å². The summed E-state index contributed by atoms with van der Waals surface area (Å²) in [6, 6.07) is 10.9. The number of amides is 1. The predicted octanol–water partition coefficient (Wildman–Crippen LogP) is 2.87. The number of ether oxygens (including phenoxy) is 1. The van der Waals surface area contributed by atoms with Crippen LogP contribution in [-0.2, 0) is 11.3 Å². The van der Waals surface area contributed by atoms with Gasteiger partial charge in [-0.15, -0.1) is 0 Å². The number of halogens is 3. The summed E-state index contributed by atoms with van der Waals surface area (Å²) in [5.74, 6) is -0.251. The standard InChI is InChI=1S/C14H11ClF2N2O2/c15-12-3-1-2-8-19(12)9-13(20)18-10-4-6-11(7-5-10)21-14(16)17/h1-8,14H,9H2/p+1. The molecule has 1 heterocycles. The maximum Gasteiger partial charge on any atom is 0.387 e. The van der Waals surface area contributed by atoms with E-state index in [0.29, 0.717) is 10.8 Å². The Hall–Kier alpha value is -2.21. The van der Waals surface area contributed by atoms with Crippen LogP contribution >= 0.6 is 11.6 Å². The third-order valence-corrected chi connectivity index (χ3v) is 2.91. The first-order valence-corrected chi connectivity index (χ1v) is 6.41. The van der Waals surface area contributed by atoms with Gasteiger partial charge >= 0.3 is 6.61 Å². The molecule has 0 aliphatic carbocycles. The van der Waals surface area contributed by atoms with Gasteiger partial charge in [0.25, 0.3) is 11.1 Å². The lowest BCUT2D eigenvalue weighted by atomic mass is 10.3. The zero-order valence-corrected chi connectivity index (χ0v) is 11.6. The molecule has 2 aromatic rings. The largest absolute Gasteiger partial charge is 0.435 e. The third kappa shape index (κ3) is 4.68. The highest BCUT2D eigenvalue weighted by molar-refractivity contribution is 6.28. The predicted molar refractivity (Wildman–Crippen MR) is 73.4 cm³/mol. The highest BCUT2D eigenvalue weighted by Gasteiger charge is 2.13. The SMILES string of the molecule is O=C(C[n+]1ccccc1Cl)Nc1ccc(OC(F)F)cc1. The van der Waals surface area contributed by atoms with Crippen LogP contribution < -0.4 is 14.6 Å². The molecule has 2 rings (SSSR count). The number of rotatable bonds is 5. The molecule has 0 radical (unpaired) electrons. The number of alkyl halides is 2. The van der Waals surface area contributed by atoms with E-state index in [-0.39, 0.29) is 18.2 Å². The van der Waals surface area contributed by atoms with Gasteiger partial charge < -0.3 is 10.1 Å².